The van der Waals surface area contributed by atoms with E-state index in [9.17, 15) is 13.2 Å². The van der Waals surface area contributed by atoms with Crippen LogP contribution in [0.1, 0.15) is 39.0 Å². The topological polar surface area (TPSA) is 43.8 Å². The molecular weight excluding hydrogens is 339 g/mol. The highest BCUT2D eigenvalue weighted by molar-refractivity contribution is 7.79. The summed E-state index contributed by atoms with van der Waals surface area (Å²) in [5, 5.41) is 0. The molecular formula is C19H29FN2O2S. The fraction of sp³-hybridized carbons (Fsp3) is 0.684. The molecule has 2 aliphatic heterocycles. The second kappa shape index (κ2) is 8.60. The highest BCUT2D eigenvalue weighted by atomic mass is 32.2. The van der Waals surface area contributed by atoms with E-state index in [1.807, 2.05) is 4.90 Å². The number of hydrogen-bond donors (Lipinski definition) is 1. The van der Waals surface area contributed by atoms with E-state index in [0.29, 0.717) is 11.6 Å². The molecule has 0 spiro atoms. The third kappa shape index (κ3) is 4.80. The van der Waals surface area contributed by atoms with Crippen molar-refractivity contribution in [3.63, 3.8) is 0 Å². The maximum atomic E-state index is 14.1. The van der Waals surface area contributed by atoms with E-state index < -0.39 is 11.1 Å². The van der Waals surface area contributed by atoms with Crippen LogP contribution in [0.15, 0.2) is 23.1 Å². The first-order valence-corrected chi connectivity index (χ1v) is 10.5. The average Bonchev–Trinajstić information content (AvgIpc) is 2.63. The second-order valence-electron chi connectivity index (χ2n) is 7.45. The molecule has 3 rings (SSSR count). The lowest BCUT2D eigenvalue weighted by Gasteiger charge is -2.38. The van der Waals surface area contributed by atoms with E-state index in [4.69, 9.17) is 0 Å². The molecule has 25 heavy (non-hydrogen) atoms. The number of hydrogen-bond acceptors (Lipinski definition) is 3. The molecule has 4 nitrogen and oxygen atoms in total. The van der Waals surface area contributed by atoms with Crippen molar-refractivity contribution in [2.24, 2.45) is 11.8 Å². The smallest absolute Gasteiger partial charge is 0.186 e. The quantitative estimate of drug-likeness (QED) is 0.804. The maximum Gasteiger partial charge on any atom is 0.186 e. The van der Waals surface area contributed by atoms with Crippen LogP contribution in [-0.2, 0) is 11.1 Å². The van der Waals surface area contributed by atoms with E-state index in [-0.39, 0.29) is 10.7 Å². The summed E-state index contributed by atoms with van der Waals surface area (Å²) in [6.45, 7) is 7.52. The molecule has 6 heteroatoms. The lowest BCUT2D eigenvalue weighted by atomic mass is 9.91. The standard InChI is InChI=1S/C19H29FN2O2S/c1-2-15-5-9-21(10-6-15)14-16-7-11-22(12-8-16)19-13-17(25(23)24)3-4-18(19)20/h3-4,13,15-16H,2,5-12,14H2,1H3,(H,23,24). The summed E-state index contributed by atoms with van der Waals surface area (Å²) in [5.41, 5.74) is 0.460. The third-order valence-electron chi connectivity index (χ3n) is 5.88. The fourth-order valence-electron chi connectivity index (χ4n) is 4.14. The maximum absolute atomic E-state index is 14.1. The summed E-state index contributed by atoms with van der Waals surface area (Å²) in [6.07, 6.45) is 6.06. The van der Waals surface area contributed by atoms with Gasteiger partial charge in [0.1, 0.15) is 5.82 Å². The fourth-order valence-corrected chi connectivity index (χ4v) is 4.54. The van der Waals surface area contributed by atoms with E-state index >= 15 is 0 Å². The van der Waals surface area contributed by atoms with Crippen LogP contribution in [-0.4, -0.2) is 46.4 Å². The minimum atomic E-state index is -2.07. The molecule has 0 aromatic heterocycles. The molecule has 1 atom stereocenters. The zero-order chi connectivity index (χ0) is 17.8. The average molecular weight is 369 g/mol. The molecule has 1 N–H and O–H groups in total. The minimum Gasteiger partial charge on any atom is -0.369 e. The summed E-state index contributed by atoms with van der Waals surface area (Å²) >= 11 is -2.07. The summed E-state index contributed by atoms with van der Waals surface area (Å²) < 4.78 is 34.6. The molecule has 1 unspecified atom stereocenters. The lowest BCUT2D eigenvalue weighted by molar-refractivity contribution is 0.149. The van der Waals surface area contributed by atoms with Gasteiger partial charge in [0.05, 0.1) is 10.6 Å². The Morgan fingerprint density at radius 2 is 1.76 bits per heavy atom. The van der Waals surface area contributed by atoms with Crippen molar-refractivity contribution in [3.8, 4) is 0 Å². The van der Waals surface area contributed by atoms with Crippen molar-refractivity contribution >= 4 is 16.8 Å². The highest BCUT2D eigenvalue weighted by Crippen LogP contribution is 2.29. The summed E-state index contributed by atoms with van der Waals surface area (Å²) in [6, 6.07) is 4.19. The Morgan fingerprint density at radius 3 is 2.36 bits per heavy atom. The molecule has 0 saturated carbocycles. The number of benzene rings is 1. The molecule has 1 aromatic carbocycles. The van der Waals surface area contributed by atoms with Crippen molar-refractivity contribution < 1.29 is 13.2 Å². The minimum absolute atomic E-state index is 0.261. The predicted molar refractivity (Wildman–Crippen MR) is 99.8 cm³/mol. The van der Waals surface area contributed by atoms with Gasteiger partial charge in [0.25, 0.3) is 0 Å². The summed E-state index contributed by atoms with van der Waals surface area (Å²) in [7, 11) is 0. The molecule has 140 valence electrons. The molecule has 2 heterocycles. The van der Waals surface area contributed by atoms with Gasteiger partial charge >= 0.3 is 0 Å². The van der Waals surface area contributed by atoms with Crippen LogP contribution in [0.25, 0.3) is 0 Å². The van der Waals surface area contributed by atoms with Crippen LogP contribution in [0.2, 0.25) is 0 Å². The Hall–Kier alpha value is -0.980. The van der Waals surface area contributed by atoms with Gasteiger partial charge in [-0.3, -0.25) is 0 Å². The summed E-state index contributed by atoms with van der Waals surface area (Å²) in [4.78, 5) is 4.88. The van der Waals surface area contributed by atoms with Crippen LogP contribution in [0, 0.1) is 17.7 Å². The van der Waals surface area contributed by atoms with Gasteiger partial charge in [0, 0.05) is 19.6 Å². The van der Waals surface area contributed by atoms with Crippen molar-refractivity contribution in [3.05, 3.63) is 24.0 Å². The van der Waals surface area contributed by atoms with Crippen molar-refractivity contribution in [1.82, 2.24) is 4.90 Å². The SMILES string of the molecule is CCC1CCN(CC2CCN(c3cc(S(=O)O)ccc3F)CC2)CC1. The number of likely N-dealkylation sites (tertiary alicyclic amines) is 1. The number of halogens is 1. The lowest BCUT2D eigenvalue weighted by Crippen LogP contribution is -2.41. The first kappa shape index (κ1) is 18.8. The summed E-state index contributed by atoms with van der Waals surface area (Å²) in [5.74, 6) is 1.27. The normalized spacial score (nSPS) is 22.3. The molecule has 0 amide bonds. The predicted octanol–water partition coefficient (Wildman–Crippen LogP) is 3.74. The monoisotopic (exact) mass is 368 g/mol. The number of nitrogens with zero attached hydrogens (tertiary/aromatic N) is 2. The van der Waals surface area contributed by atoms with Crippen LogP contribution >= 0.6 is 0 Å². The van der Waals surface area contributed by atoms with Crippen LogP contribution < -0.4 is 4.90 Å². The Bertz CT molecular complexity index is 597. The number of rotatable bonds is 5. The van der Waals surface area contributed by atoms with Crippen molar-refractivity contribution in [2.75, 3.05) is 37.6 Å². The van der Waals surface area contributed by atoms with Gasteiger partial charge in [-0.15, -0.1) is 0 Å². The van der Waals surface area contributed by atoms with E-state index in [1.54, 1.807) is 0 Å². The Morgan fingerprint density at radius 1 is 1.12 bits per heavy atom. The van der Waals surface area contributed by atoms with Gasteiger partial charge < -0.3 is 14.4 Å². The van der Waals surface area contributed by atoms with Gasteiger partial charge in [-0.1, -0.05) is 13.3 Å². The van der Waals surface area contributed by atoms with Gasteiger partial charge in [-0.05, 0) is 68.8 Å². The van der Waals surface area contributed by atoms with Crippen molar-refractivity contribution in [1.29, 1.82) is 0 Å². The number of anilines is 1. The van der Waals surface area contributed by atoms with Gasteiger partial charge in [-0.25, -0.2) is 8.60 Å². The Labute approximate surface area is 152 Å². The third-order valence-corrected chi connectivity index (χ3v) is 6.53. The zero-order valence-electron chi connectivity index (χ0n) is 15.0. The van der Waals surface area contributed by atoms with Crippen molar-refractivity contribution in [2.45, 2.75) is 43.9 Å². The van der Waals surface area contributed by atoms with Gasteiger partial charge in [-0.2, -0.15) is 0 Å². The zero-order valence-corrected chi connectivity index (χ0v) is 15.8. The molecule has 2 aliphatic rings. The van der Waals surface area contributed by atoms with Gasteiger partial charge in [0.15, 0.2) is 11.1 Å². The molecule has 0 bridgehead atoms. The second-order valence-corrected chi connectivity index (χ2v) is 8.41. The Balaban J connectivity index is 1.52. The van der Waals surface area contributed by atoms with Crippen LogP contribution in [0.4, 0.5) is 10.1 Å². The molecule has 2 saturated heterocycles. The molecule has 1 aromatic rings. The number of piperidine rings is 2. The first-order valence-electron chi connectivity index (χ1n) is 9.44. The Kier molecular flexibility index (Phi) is 6.47. The molecule has 0 radical (unpaired) electrons. The van der Waals surface area contributed by atoms with Crippen LogP contribution in [0.3, 0.4) is 0 Å². The highest BCUT2D eigenvalue weighted by Gasteiger charge is 2.25. The van der Waals surface area contributed by atoms with E-state index in [1.165, 1.54) is 50.6 Å². The van der Waals surface area contributed by atoms with E-state index in [2.05, 4.69) is 11.8 Å². The molecule has 0 aliphatic carbocycles. The van der Waals surface area contributed by atoms with Gasteiger partial charge in [0.2, 0.25) is 0 Å². The first-order chi connectivity index (χ1) is 12.1. The van der Waals surface area contributed by atoms with Crippen LogP contribution in [0.5, 0.6) is 0 Å². The van der Waals surface area contributed by atoms with E-state index in [0.717, 1.165) is 38.4 Å². The molecule has 2 fully saturated rings. The largest absolute Gasteiger partial charge is 0.369 e.